The van der Waals surface area contributed by atoms with E-state index in [2.05, 4.69) is 11.1 Å². The van der Waals surface area contributed by atoms with Gasteiger partial charge in [0.05, 0.1) is 22.6 Å². The fourth-order valence-electron chi connectivity index (χ4n) is 4.53. The highest BCUT2D eigenvalue weighted by Crippen LogP contribution is 2.45. The fourth-order valence-corrected chi connectivity index (χ4v) is 5.24. The maximum Gasteiger partial charge on any atom is 0.313 e. The van der Waals surface area contributed by atoms with Crippen LogP contribution in [-0.4, -0.2) is 34.4 Å². The van der Waals surface area contributed by atoms with Crippen LogP contribution >= 0.6 is 11.8 Å². The molecule has 3 aromatic carbocycles. The van der Waals surface area contributed by atoms with Gasteiger partial charge in [0.2, 0.25) is 6.79 Å². The molecule has 36 heavy (non-hydrogen) atoms. The molecule has 8 heteroatoms. The molecule has 7 nitrogen and oxygen atoms in total. The van der Waals surface area contributed by atoms with Gasteiger partial charge in [-0.25, -0.2) is 4.98 Å². The summed E-state index contributed by atoms with van der Waals surface area (Å²) in [5.74, 6) is -0.0884. The zero-order valence-corrected chi connectivity index (χ0v) is 19.5. The first-order chi connectivity index (χ1) is 17.5. The summed E-state index contributed by atoms with van der Waals surface area (Å²) < 4.78 is 10.9. The van der Waals surface area contributed by atoms with E-state index in [9.17, 15) is 20.0 Å². The molecule has 1 aliphatic carbocycles. The van der Waals surface area contributed by atoms with Crippen LogP contribution in [-0.2, 0) is 4.79 Å². The Morgan fingerprint density at radius 3 is 2.39 bits per heavy atom. The number of aliphatic carboxylic acids is 1. The molecule has 1 aromatic heterocycles. The van der Waals surface area contributed by atoms with Crippen molar-refractivity contribution in [3.8, 4) is 51.1 Å². The van der Waals surface area contributed by atoms with Gasteiger partial charge in [-0.3, -0.25) is 9.59 Å². The molecular formula is C28H16N2O5S. The molecule has 6 rings (SSSR count). The van der Waals surface area contributed by atoms with Crippen LogP contribution in [0.3, 0.4) is 0 Å². The largest absolute Gasteiger partial charge is 0.481 e. The number of benzene rings is 3. The van der Waals surface area contributed by atoms with Gasteiger partial charge < -0.3 is 14.6 Å². The molecule has 2 aliphatic rings. The number of aromatic nitrogens is 1. The van der Waals surface area contributed by atoms with Gasteiger partial charge in [0.1, 0.15) is 11.1 Å². The number of carboxylic acids is 1. The predicted octanol–water partition coefficient (Wildman–Crippen LogP) is 5.40. The molecule has 0 bridgehead atoms. The molecule has 1 N–H and O–H groups in total. The number of fused-ring (bicyclic) bond motifs is 4. The minimum absolute atomic E-state index is 0.192. The number of ketones is 1. The molecule has 0 unspecified atom stereocenters. The number of nitriles is 1. The zero-order chi connectivity index (χ0) is 24.8. The Morgan fingerprint density at radius 1 is 0.944 bits per heavy atom. The molecule has 0 amide bonds. The maximum absolute atomic E-state index is 13.4. The van der Waals surface area contributed by atoms with Gasteiger partial charge in [-0.1, -0.05) is 66.4 Å². The topological polar surface area (TPSA) is 110 Å². The summed E-state index contributed by atoms with van der Waals surface area (Å²) >= 11 is 0.972. The van der Waals surface area contributed by atoms with E-state index in [1.54, 1.807) is 12.1 Å². The summed E-state index contributed by atoms with van der Waals surface area (Å²) in [7, 11) is 0. The van der Waals surface area contributed by atoms with Crippen LogP contribution in [0.2, 0.25) is 0 Å². The van der Waals surface area contributed by atoms with Crippen LogP contribution < -0.4 is 9.47 Å². The molecule has 0 spiro atoms. The first-order valence-electron chi connectivity index (χ1n) is 11.0. The van der Waals surface area contributed by atoms with Crippen molar-refractivity contribution in [2.24, 2.45) is 0 Å². The lowest BCUT2D eigenvalue weighted by Gasteiger charge is -2.14. The van der Waals surface area contributed by atoms with Crippen LogP contribution in [0.15, 0.2) is 71.8 Å². The average Bonchev–Trinajstić information content (AvgIpc) is 3.49. The second kappa shape index (κ2) is 8.56. The van der Waals surface area contributed by atoms with E-state index >= 15 is 0 Å². The standard InChI is InChI=1S/C28H16N2O5S/c29-12-20-24(16-7-5-15(6-8-16)17-9-10-21-22(11-17)35-14-34-21)25-26(30-28(20)36-13-23(31)32)18-3-1-2-4-19(18)27(25)33/h1-11H,13-14H2,(H,31,32). The number of carboxylic acid groups (broad SMARTS) is 1. The van der Waals surface area contributed by atoms with Crippen LogP contribution in [0.25, 0.3) is 33.5 Å². The van der Waals surface area contributed by atoms with Gasteiger partial charge in [0, 0.05) is 16.7 Å². The number of pyridine rings is 1. The Hall–Kier alpha value is -4.61. The average molecular weight is 493 g/mol. The lowest BCUT2D eigenvalue weighted by molar-refractivity contribution is -0.133. The van der Waals surface area contributed by atoms with E-state index in [1.807, 2.05) is 54.6 Å². The third kappa shape index (κ3) is 3.49. The third-order valence-electron chi connectivity index (χ3n) is 6.14. The van der Waals surface area contributed by atoms with E-state index in [-0.39, 0.29) is 28.9 Å². The summed E-state index contributed by atoms with van der Waals surface area (Å²) in [5.41, 5.74) is 5.23. The quantitative estimate of drug-likeness (QED) is 0.325. The first-order valence-corrected chi connectivity index (χ1v) is 12.0. The van der Waals surface area contributed by atoms with Crippen LogP contribution in [0.1, 0.15) is 21.5 Å². The van der Waals surface area contributed by atoms with Crippen LogP contribution in [0.4, 0.5) is 0 Å². The Labute approximate surface area is 209 Å². The second-order valence-corrected chi connectivity index (χ2v) is 9.17. The lowest BCUT2D eigenvalue weighted by atomic mass is 9.92. The summed E-state index contributed by atoms with van der Waals surface area (Å²) in [4.78, 5) is 29.3. The lowest BCUT2D eigenvalue weighted by Crippen LogP contribution is -2.05. The molecule has 0 saturated heterocycles. The molecular weight excluding hydrogens is 476 g/mol. The highest BCUT2D eigenvalue weighted by molar-refractivity contribution is 7.99. The Bertz CT molecular complexity index is 1620. The van der Waals surface area contributed by atoms with E-state index < -0.39 is 5.97 Å². The normalized spacial score (nSPS) is 12.7. The number of carbonyl (C=O) groups is 2. The molecule has 0 radical (unpaired) electrons. The van der Waals surface area contributed by atoms with E-state index in [4.69, 9.17) is 9.47 Å². The smallest absolute Gasteiger partial charge is 0.313 e. The first kappa shape index (κ1) is 21.9. The van der Waals surface area contributed by atoms with Gasteiger partial charge in [-0.15, -0.1) is 0 Å². The second-order valence-electron chi connectivity index (χ2n) is 8.20. The highest BCUT2D eigenvalue weighted by Gasteiger charge is 2.34. The van der Waals surface area contributed by atoms with E-state index in [0.29, 0.717) is 45.0 Å². The Morgan fingerprint density at radius 2 is 1.64 bits per heavy atom. The van der Waals surface area contributed by atoms with Crippen molar-refractivity contribution in [2.75, 3.05) is 12.5 Å². The number of hydrogen-bond acceptors (Lipinski definition) is 7. The molecule has 0 fully saturated rings. The number of ether oxygens (including phenoxy) is 2. The van der Waals surface area contributed by atoms with Crippen molar-refractivity contribution < 1.29 is 24.2 Å². The van der Waals surface area contributed by atoms with Gasteiger partial charge in [0.25, 0.3) is 0 Å². The van der Waals surface area contributed by atoms with Crippen molar-refractivity contribution in [1.29, 1.82) is 5.26 Å². The SMILES string of the molecule is N#Cc1c(SCC(=O)O)nc2c(c1-c1ccc(-c3ccc4c(c3)OCO4)cc1)C(=O)c1ccccc1-2. The zero-order valence-electron chi connectivity index (χ0n) is 18.6. The van der Waals surface area contributed by atoms with Gasteiger partial charge in [-0.2, -0.15) is 5.26 Å². The van der Waals surface area contributed by atoms with E-state index in [1.165, 1.54) is 0 Å². The molecule has 174 valence electrons. The summed E-state index contributed by atoms with van der Waals surface area (Å²) in [6, 6.07) is 22.6. The number of hydrogen-bond donors (Lipinski definition) is 1. The van der Waals surface area contributed by atoms with Crippen molar-refractivity contribution in [3.05, 3.63) is 83.4 Å². The molecule has 0 atom stereocenters. The number of carbonyl (C=O) groups excluding carboxylic acids is 1. The monoisotopic (exact) mass is 492 g/mol. The predicted molar refractivity (Wildman–Crippen MR) is 133 cm³/mol. The van der Waals surface area contributed by atoms with Crippen molar-refractivity contribution in [3.63, 3.8) is 0 Å². The number of rotatable bonds is 5. The third-order valence-corrected chi connectivity index (χ3v) is 7.10. The molecule has 4 aromatic rings. The molecule has 1 aliphatic heterocycles. The molecule has 0 saturated carbocycles. The van der Waals surface area contributed by atoms with Crippen molar-refractivity contribution in [1.82, 2.24) is 4.98 Å². The summed E-state index contributed by atoms with van der Waals surface area (Å²) in [6.45, 7) is 0.195. The summed E-state index contributed by atoms with van der Waals surface area (Å²) in [6.07, 6.45) is 0. The molecule has 2 heterocycles. The van der Waals surface area contributed by atoms with Crippen LogP contribution in [0, 0.1) is 11.3 Å². The van der Waals surface area contributed by atoms with Gasteiger partial charge in [-0.05, 0) is 28.8 Å². The highest BCUT2D eigenvalue weighted by atomic mass is 32.2. The maximum atomic E-state index is 13.4. The Balaban J connectivity index is 1.51. The van der Waals surface area contributed by atoms with Gasteiger partial charge >= 0.3 is 5.97 Å². The van der Waals surface area contributed by atoms with Crippen molar-refractivity contribution in [2.45, 2.75) is 5.03 Å². The fraction of sp³-hybridized carbons (Fsp3) is 0.0714. The summed E-state index contributed by atoms with van der Waals surface area (Å²) in [5, 5.41) is 19.6. The van der Waals surface area contributed by atoms with Gasteiger partial charge in [0.15, 0.2) is 17.3 Å². The van der Waals surface area contributed by atoms with Crippen LogP contribution in [0.5, 0.6) is 11.5 Å². The number of nitrogens with zero attached hydrogens (tertiary/aromatic N) is 2. The minimum atomic E-state index is -1.02. The minimum Gasteiger partial charge on any atom is -0.481 e. The Kier molecular flexibility index (Phi) is 5.20. The number of thioether (sulfide) groups is 1. The van der Waals surface area contributed by atoms with E-state index in [0.717, 1.165) is 22.9 Å². The van der Waals surface area contributed by atoms with Crippen molar-refractivity contribution >= 4 is 23.5 Å².